The molecule has 0 radical (unpaired) electrons. The van der Waals surface area contributed by atoms with Crippen molar-refractivity contribution in [2.75, 3.05) is 13.7 Å². The number of benzene rings is 1. The standard InChI is InChI=1S/C15H22ClNO/c1-11-3-6-15(18-2)13(7-11)10-17-9-12-4-5-14(16)8-12/h3,6-7,12,14,17H,4-5,8-10H2,1-2H3. The van der Waals surface area contributed by atoms with Gasteiger partial charge in [0.05, 0.1) is 7.11 Å². The Morgan fingerprint density at radius 1 is 1.39 bits per heavy atom. The van der Waals surface area contributed by atoms with Gasteiger partial charge in [0.15, 0.2) is 0 Å². The molecule has 2 rings (SSSR count). The minimum absolute atomic E-state index is 0.394. The molecule has 3 heteroatoms. The number of hydrogen-bond donors (Lipinski definition) is 1. The first-order chi connectivity index (χ1) is 8.69. The largest absolute Gasteiger partial charge is 0.496 e. The quantitative estimate of drug-likeness (QED) is 0.825. The van der Waals surface area contributed by atoms with E-state index in [1.807, 2.05) is 6.07 Å². The van der Waals surface area contributed by atoms with Crippen LogP contribution in [0.25, 0.3) is 0 Å². The second-order valence-corrected chi connectivity index (χ2v) is 5.84. The molecule has 0 spiro atoms. The lowest BCUT2D eigenvalue weighted by molar-refractivity contribution is 0.405. The summed E-state index contributed by atoms with van der Waals surface area (Å²) in [6.07, 6.45) is 3.58. The van der Waals surface area contributed by atoms with E-state index in [0.29, 0.717) is 5.38 Å². The average Bonchev–Trinajstić information content (AvgIpc) is 2.75. The molecular weight excluding hydrogens is 246 g/mol. The number of ether oxygens (including phenoxy) is 1. The van der Waals surface area contributed by atoms with Crippen LogP contribution in [0.1, 0.15) is 30.4 Å². The summed E-state index contributed by atoms with van der Waals surface area (Å²) in [6, 6.07) is 6.30. The SMILES string of the molecule is COc1ccc(C)cc1CNCC1CCC(Cl)C1. The van der Waals surface area contributed by atoms with Crippen LogP contribution in [0.15, 0.2) is 18.2 Å². The Morgan fingerprint density at radius 2 is 2.22 bits per heavy atom. The fourth-order valence-electron chi connectivity index (χ4n) is 2.66. The zero-order valence-electron chi connectivity index (χ0n) is 11.2. The monoisotopic (exact) mass is 267 g/mol. The average molecular weight is 268 g/mol. The number of halogens is 1. The van der Waals surface area contributed by atoms with E-state index in [1.165, 1.54) is 24.0 Å². The third kappa shape index (κ3) is 3.63. The molecule has 1 aliphatic rings. The predicted molar refractivity (Wildman–Crippen MR) is 76.4 cm³/mol. The molecule has 0 heterocycles. The molecular formula is C15H22ClNO. The Hall–Kier alpha value is -0.730. The molecule has 2 unspecified atom stereocenters. The summed E-state index contributed by atoms with van der Waals surface area (Å²) >= 11 is 6.12. The number of aryl methyl sites for hydroxylation is 1. The van der Waals surface area contributed by atoms with E-state index < -0.39 is 0 Å². The fraction of sp³-hybridized carbons (Fsp3) is 0.600. The molecule has 1 fully saturated rings. The molecule has 0 bridgehead atoms. The highest BCUT2D eigenvalue weighted by atomic mass is 35.5. The number of hydrogen-bond acceptors (Lipinski definition) is 2. The smallest absolute Gasteiger partial charge is 0.123 e. The van der Waals surface area contributed by atoms with Crippen LogP contribution in [-0.4, -0.2) is 19.0 Å². The molecule has 2 nitrogen and oxygen atoms in total. The molecule has 0 amide bonds. The van der Waals surface area contributed by atoms with Gasteiger partial charge < -0.3 is 10.1 Å². The predicted octanol–water partition coefficient (Wildman–Crippen LogP) is 3.50. The Balaban J connectivity index is 1.84. The molecule has 1 aliphatic carbocycles. The van der Waals surface area contributed by atoms with E-state index >= 15 is 0 Å². The van der Waals surface area contributed by atoms with Crippen LogP contribution < -0.4 is 10.1 Å². The Labute approximate surface area is 115 Å². The van der Waals surface area contributed by atoms with Crippen molar-refractivity contribution in [3.63, 3.8) is 0 Å². The van der Waals surface area contributed by atoms with Gasteiger partial charge in [-0.25, -0.2) is 0 Å². The maximum absolute atomic E-state index is 6.12. The fourth-order valence-corrected chi connectivity index (χ4v) is 3.03. The minimum atomic E-state index is 0.394. The van der Waals surface area contributed by atoms with Crippen molar-refractivity contribution in [1.29, 1.82) is 0 Å². The van der Waals surface area contributed by atoms with E-state index in [2.05, 4.69) is 24.4 Å². The zero-order chi connectivity index (χ0) is 13.0. The first-order valence-electron chi connectivity index (χ1n) is 6.67. The summed E-state index contributed by atoms with van der Waals surface area (Å²) in [5.41, 5.74) is 2.51. The molecule has 100 valence electrons. The highest BCUT2D eigenvalue weighted by Gasteiger charge is 2.22. The summed E-state index contributed by atoms with van der Waals surface area (Å²) in [7, 11) is 1.73. The van der Waals surface area contributed by atoms with Gasteiger partial charge in [0.1, 0.15) is 5.75 Å². The van der Waals surface area contributed by atoms with Gasteiger partial charge in [0.25, 0.3) is 0 Å². The van der Waals surface area contributed by atoms with Gasteiger partial charge >= 0.3 is 0 Å². The maximum atomic E-state index is 6.12. The van der Waals surface area contributed by atoms with E-state index in [0.717, 1.165) is 31.2 Å². The van der Waals surface area contributed by atoms with Crippen molar-refractivity contribution < 1.29 is 4.74 Å². The Bertz CT molecular complexity index is 394. The van der Waals surface area contributed by atoms with Gasteiger partial charge in [-0.2, -0.15) is 0 Å². The van der Waals surface area contributed by atoms with Gasteiger partial charge in [-0.15, -0.1) is 11.6 Å². The molecule has 0 aromatic heterocycles. The highest BCUT2D eigenvalue weighted by molar-refractivity contribution is 6.20. The first-order valence-corrected chi connectivity index (χ1v) is 7.11. The van der Waals surface area contributed by atoms with Gasteiger partial charge in [-0.3, -0.25) is 0 Å². The number of rotatable bonds is 5. The lowest BCUT2D eigenvalue weighted by Gasteiger charge is -2.13. The van der Waals surface area contributed by atoms with Crippen LogP contribution in [0.4, 0.5) is 0 Å². The van der Waals surface area contributed by atoms with E-state index in [-0.39, 0.29) is 0 Å². The van der Waals surface area contributed by atoms with Gasteiger partial charge in [0, 0.05) is 17.5 Å². The van der Waals surface area contributed by atoms with Crippen molar-refractivity contribution in [2.24, 2.45) is 5.92 Å². The normalized spacial score (nSPS) is 23.3. The van der Waals surface area contributed by atoms with Crippen molar-refractivity contribution in [3.8, 4) is 5.75 Å². The first kappa shape index (κ1) is 13.7. The van der Waals surface area contributed by atoms with Crippen molar-refractivity contribution in [2.45, 2.75) is 38.1 Å². The van der Waals surface area contributed by atoms with Crippen molar-refractivity contribution >= 4 is 11.6 Å². The summed E-state index contributed by atoms with van der Waals surface area (Å²) in [5.74, 6) is 1.71. The number of methoxy groups -OCH3 is 1. The van der Waals surface area contributed by atoms with Crippen molar-refractivity contribution in [1.82, 2.24) is 5.32 Å². The summed E-state index contributed by atoms with van der Waals surface area (Å²) in [5, 5.41) is 3.92. The molecule has 1 aromatic carbocycles. The molecule has 1 aromatic rings. The van der Waals surface area contributed by atoms with Crippen LogP contribution in [0.2, 0.25) is 0 Å². The maximum Gasteiger partial charge on any atom is 0.123 e. The third-order valence-corrected chi connectivity index (χ3v) is 4.06. The van der Waals surface area contributed by atoms with E-state index in [1.54, 1.807) is 7.11 Å². The molecule has 1 saturated carbocycles. The molecule has 2 atom stereocenters. The molecule has 18 heavy (non-hydrogen) atoms. The van der Waals surface area contributed by atoms with Crippen molar-refractivity contribution in [3.05, 3.63) is 29.3 Å². The van der Waals surface area contributed by atoms with Crippen LogP contribution in [0, 0.1) is 12.8 Å². The topological polar surface area (TPSA) is 21.3 Å². The van der Waals surface area contributed by atoms with Gasteiger partial charge in [0.2, 0.25) is 0 Å². The summed E-state index contributed by atoms with van der Waals surface area (Å²) in [6.45, 7) is 4.03. The Kier molecular flexibility index (Phi) is 4.90. The molecule has 0 aliphatic heterocycles. The number of alkyl halides is 1. The summed E-state index contributed by atoms with van der Waals surface area (Å²) < 4.78 is 5.38. The Morgan fingerprint density at radius 3 is 2.89 bits per heavy atom. The van der Waals surface area contributed by atoms with E-state index in [9.17, 15) is 0 Å². The van der Waals surface area contributed by atoms with Crippen LogP contribution >= 0.6 is 11.6 Å². The van der Waals surface area contributed by atoms with Gasteiger partial charge in [-0.05, 0) is 44.7 Å². The van der Waals surface area contributed by atoms with Crippen LogP contribution in [0.3, 0.4) is 0 Å². The van der Waals surface area contributed by atoms with Gasteiger partial charge in [-0.1, -0.05) is 17.7 Å². The highest BCUT2D eigenvalue weighted by Crippen LogP contribution is 2.29. The second-order valence-electron chi connectivity index (χ2n) is 5.22. The summed E-state index contributed by atoms with van der Waals surface area (Å²) in [4.78, 5) is 0. The lowest BCUT2D eigenvalue weighted by atomic mass is 10.1. The molecule has 0 saturated heterocycles. The van der Waals surface area contributed by atoms with Crippen LogP contribution in [0.5, 0.6) is 5.75 Å². The van der Waals surface area contributed by atoms with Crippen LogP contribution in [-0.2, 0) is 6.54 Å². The number of nitrogens with one attached hydrogen (secondary N) is 1. The molecule has 1 N–H and O–H groups in total. The second kappa shape index (κ2) is 6.44. The zero-order valence-corrected chi connectivity index (χ0v) is 12.0. The third-order valence-electron chi connectivity index (χ3n) is 3.66. The minimum Gasteiger partial charge on any atom is -0.496 e. The van der Waals surface area contributed by atoms with E-state index in [4.69, 9.17) is 16.3 Å². The lowest BCUT2D eigenvalue weighted by Crippen LogP contribution is -2.21.